The number of benzene rings is 3. The van der Waals surface area contributed by atoms with E-state index < -0.39 is 48.2 Å². The molecule has 0 aliphatic carbocycles. The normalized spacial score (nSPS) is 11.8. The number of hydrogen-bond acceptors (Lipinski definition) is 6. The van der Waals surface area contributed by atoms with E-state index in [1.54, 1.807) is 18.2 Å². The summed E-state index contributed by atoms with van der Waals surface area (Å²) in [5.74, 6) is -3.38. The summed E-state index contributed by atoms with van der Waals surface area (Å²) in [7, 11) is 0. The molecule has 2 amide bonds. The second kappa shape index (κ2) is 18.3. The van der Waals surface area contributed by atoms with Gasteiger partial charge in [-0.2, -0.15) is 0 Å². The molecule has 3 rings (SSSR count). The Bertz CT molecular complexity index is 1400. The lowest BCUT2D eigenvalue weighted by Crippen LogP contribution is -2.52. The average Bonchev–Trinajstić information content (AvgIpc) is 2.96. The van der Waals surface area contributed by atoms with Crippen molar-refractivity contribution in [1.82, 2.24) is 10.6 Å². The van der Waals surface area contributed by atoms with Crippen LogP contribution in [0.25, 0.3) is 0 Å². The first-order valence-corrected chi connectivity index (χ1v) is 14.4. The van der Waals surface area contributed by atoms with Gasteiger partial charge in [0.25, 0.3) is 0 Å². The molecule has 0 fully saturated rings. The average molecular weight is 646 g/mol. The molecule has 0 spiro atoms. The monoisotopic (exact) mass is 644 g/mol. The van der Waals surface area contributed by atoms with E-state index in [-0.39, 0.29) is 34.6 Å². The van der Waals surface area contributed by atoms with Gasteiger partial charge in [0.15, 0.2) is 5.78 Å². The zero-order valence-corrected chi connectivity index (χ0v) is 25.7. The van der Waals surface area contributed by atoms with E-state index in [1.165, 1.54) is 12.1 Å². The van der Waals surface area contributed by atoms with E-state index in [0.717, 1.165) is 11.1 Å². The lowest BCUT2D eigenvalue weighted by molar-refractivity contribution is -0.142. The number of rotatable bonds is 13. The van der Waals surface area contributed by atoms with Gasteiger partial charge in [-0.25, -0.2) is 9.59 Å². The number of aliphatic carboxylic acids is 2. The highest BCUT2D eigenvalue weighted by Crippen LogP contribution is 2.25. The standard InChI is InChI=1S/C23H28N2O5.C9H6Cl2O3/c1-16(2)13-19(25-23(29)30-15-18-11-7-4-8-12-18)21(26)24-20(22(27)28)14-17-9-5-3-6-10-17;10-5-2-1-3-6(11)9(5)7(12)4-8(13)14/h3-12,16,19-20H,13-15H2,1-2H3,(H,24,26)(H,25,29)(H,27,28);1-3H,4H2,(H,13,14)/t19-,20-;/m0./s1. The molecule has 234 valence electrons. The smallest absolute Gasteiger partial charge is 0.408 e. The van der Waals surface area contributed by atoms with Crippen LogP contribution in [0.2, 0.25) is 10.0 Å². The summed E-state index contributed by atoms with van der Waals surface area (Å²) in [5.41, 5.74) is 1.69. The number of carboxylic acids is 2. The lowest BCUT2D eigenvalue weighted by atomic mass is 10.0. The topological polar surface area (TPSA) is 159 Å². The van der Waals surface area contributed by atoms with Gasteiger partial charge >= 0.3 is 18.0 Å². The molecular formula is C32H34Cl2N2O8. The van der Waals surface area contributed by atoms with Crippen LogP contribution in [-0.2, 0) is 32.1 Å². The fraction of sp³-hybridized carbons (Fsp3) is 0.281. The van der Waals surface area contributed by atoms with E-state index in [2.05, 4.69) is 10.6 Å². The van der Waals surface area contributed by atoms with Gasteiger partial charge in [-0.1, -0.05) is 104 Å². The fourth-order valence-electron chi connectivity index (χ4n) is 3.92. The van der Waals surface area contributed by atoms with Crippen molar-refractivity contribution in [2.75, 3.05) is 0 Å². The number of ketones is 1. The van der Waals surface area contributed by atoms with Crippen LogP contribution in [0, 0.1) is 5.92 Å². The minimum atomic E-state index is -1.20. The molecule has 0 heterocycles. The highest BCUT2D eigenvalue weighted by Gasteiger charge is 2.28. The van der Waals surface area contributed by atoms with Crippen molar-refractivity contribution in [3.63, 3.8) is 0 Å². The summed E-state index contributed by atoms with van der Waals surface area (Å²) in [6.07, 6.45) is -0.836. The predicted octanol–water partition coefficient (Wildman–Crippen LogP) is 5.79. The zero-order valence-electron chi connectivity index (χ0n) is 24.2. The van der Waals surface area contributed by atoms with Gasteiger partial charge in [0.05, 0.1) is 15.6 Å². The van der Waals surface area contributed by atoms with Crippen molar-refractivity contribution in [3.8, 4) is 0 Å². The molecule has 10 nitrogen and oxygen atoms in total. The third kappa shape index (κ3) is 12.8. The van der Waals surface area contributed by atoms with Gasteiger partial charge in [0, 0.05) is 6.42 Å². The van der Waals surface area contributed by atoms with Crippen LogP contribution < -0.4 is 10.6 Å². The number of nitrogens with one attached hydrogen (secondary N) is 2. The largest absolute Gasteiger partial charge is 0.481 e. The van der Waals surface area contributed by atoms with Crippen molar-refractivity contribution in [3.05, 3.63) is 106 Å². The molecule has 0 aromatic heterocycles. The third-order valence-corrected chi connectivity index (χ3v) is 6.61. The molecule has 0 unspecified atom stereocenters. The first-order valence-electron chi connectivity index (χ1n) is 13.6. The summed E-state index contributed by atoms with van der Waals surface area (Å²) in [4.78, 5) is 58.2. The molecular weight excluding hydrogens is 611 g/mol. The predicted molar refractivity (Wildman–Crippen MR) is 166 cm³/mol. The molecule has 0 aliphatic rings. The van der Waals surface area contributed by atoms with Crippen LogP contribution in [0.1, 0.15) is 48.2 Å². The Morgan fingerprint density at radius 3 is 1.80 bits per heavy atom. The number of amides is 2. The Kier molecular flexibility index (Phi) is 14.9. The third-order valence-electron chi connectivity index (χ3n) is 5.98. The van der Waals surface area contributed by atoms with Gasteiger partial charge in [0.2, 0.25) is 5.91 Å². The number of carbonyl (C=O) groups is 5. The molecule has 2 atom stereocenters. The maximum absolute atomic E-state index is 12.7. The minimum Gasteiger partial charge on any atom is -0.481 e. The molecule has 0 bridgehead atoms. The van der Waals surface area contributed by atoms with Crippen LogP contribution in [0.3, 0.4) is 0 Å². The van der Waals surface area contributed by atoms with Crippen molar-refractivity contribution in [1.29, 1.82) is 0 Å². The molecule has 44 heavy (non-hydrogen) atoms. The SMILES string of the molecule is CC(C)C[C@H](NC(=O)OCc1ccccc1)C(=O)N[C@@H](Cc1ccccc1)C(=O)O.O=C(O)CC(=O)c1c(Cl)cccc1Cl. The molecule has 3 aromatic carbocycles. The number of carbonyl (C=O) groups excluding carboxylic acids is 3. The van der Waals surface area contributed by atoms with Gasteiger partial charge in [-0.15, -0.1) is 0 Å². The van der Waals surface area contributed by atoms with Crippen molar-refractivity contribution in [2.45, 2.75) is 51.8 Å². The number of carboxylic acid groups (broad SMARTS) is 2. The molecule has 0 saturated carbocycles. The molecule has 0 saturated heterocycles. The zero-order chi connectivity index (χ0) is 32.6. The number of halogens is 2. The molecule has 0 aliphatic heterocycles. The number of ether oxygens (including phenoxy) is 1. The maximum Gasteiger partial charge on any atom is 0.408 e. The van der Waals surface area contributed by atoms with E-state index in [9.17, 15) is 29.1 Å². The van der Waals surface area contributed by atoms with Gasteiger partial charge in [0.1, 0.15) is 25.1 Å². The number of Topliss-reactive ketones (excluding diaryl/α,β-unsaturated/α-hetero) is 1. The first-order chi connectivity index (χ1) is 20.9. The second-order valence-electron chi connectivity index (χ2n) is 10.1. The number of hydrogen-bond donors (Lipinski definition) is 4. The summed E-state index contributed by atoms with van der Waals surface area (Å²) in [5, 5.41) is 23.4. The van der Waals surface area contributed by atoms with E-state index in [1.807, 2.05) is 62.4 Å². The van der Waals surface area contributed by atoms with Crippen LogP contribution >= 0.6 is 23.2 Å². The van der Waals surface area contributed by atoms with Gasteiger partial charge < -0.3 is 25.6 Å². The van der Waals surface area contributed by atoms with Crippen LogP contribution in [0.5, 0.6) is 0 Å². The Hall–Kier alpha value is -4.41. The van der Waals surface area contributed by atoms with Gasteiger partial charge in [-0.05, 0) is 35.6 Å². The minimum absolute atomic E-state index is 0.0678. The molecule has 3 aromatic rings. The van der Waals surface area contributed by atoms with E-state index in [4.69, 9.17) is 33.0 Å². The molecule has 0 radical (unpaired) electrons. The van der Waals surface area contributed by atoms with Crippen LogP contribution in [0.4, 0.5) is 4.79 Å². The highest BCUT2D eigenvalue weighted by atomic mass is 35.5. The Balaban J connectivity index is 0.000000402. The van der Waals surface area contributed by atoms with Crippen LogP contribution in [0.15, 0.2) is 78.9 Å². The quantitative estimate of drug-likeness (QED) is 0.134. The number of alkyl carbamates (subject to hydrolysis) is 1. The Labute approximate surface area is 265 Å². The molecule has 4 N–H and O–H groups in total. The Morgan fingerprint density at radius 2 is 1.30 bits per heavy atom. The summed E-state index contributed by atoms with van der Waals surface area (Å²) in [6, 6.07) is 20.8. The van der Waals surface area contributed by atoms with E-state index in [0.29, 0.717) is 6.42 Å². The lowest BCUT2D eigenvalue weighted by Gasteiger charge is -2.22. The van der Waals surface area contributed by atoms with Crippen molar-refractivity contribution >= 4 is 52.9 Å². The first kappa shape index (κ1) is 35.8. The summed E-state index contributed by atoms with van der Waals surface area (Å²) >= 11 is 11.4. The molecule has 12 heteroatoms. The van der Waals surface area contributed by atoms with Crippen LogP contribution in [-0.4, -0.2) is 52.0 Å². The van der Waals surface area contributed by atoms with Crippen molar-refractivity contribution in [2.24, 2.45) is 5.92 Å². The van der Waals surface area contributed by atoms with E-state index >= 15 is 0 Å². The second-order valence-corrected chi connectivity index (χ2v) is 10.9. The van der Waals surface area contributed by atoms with Crippen molar-refractivity contribution < 1.29 is 38.9 Å². The summed E-state index contributed by atoms with van der Waals surface area (Å²) < 4.78 is 5.19. The maximum atomic E-state index is 12.7. The summed E-state index contributed by atoms with van der Waals surface area (Å²) in [6.45, 7) is 3.90. The fourth-order valence-corrected chi connectivity index (χ4v) is 4.53. The Morgan fingerprint density at radius 1 is 0.750 bits per heavy atom. The van der Waals surface area contributed by atoms with Gasteiger partial charge in [-0.3, -0.25) is 14.4 Å². The highest BCUT2D eigenvalue weighted by molar-refractivity contribution is 6.40.